The van der Waals surface area contributed by atoms with Crippen LogP contribution in [0.2, 0.25) is 0 Å². The van der Waals surface area contributed by atoms with E-state index in [1.807, 2.05) is 53.2 Å². The molecule has 2 aromatic heterocycles. The van der Waals surface area contributed by atoms with E-state index in [9.17, 15) is 0 Å². The van der Waals surface area contributed by atoms with Crippen molar-refractivity contribution in [3.8, 4) is 11.3 Å². The summed E-state index contributed by atoms with van der Waals surface area (Å²) in [5.74, 6) is 0.733. The third-order valence-corrected chi connectivity index (χ3v) is 2.33. The Morgan fingerprint density at radius 1 is 0.933 bits per heavy atom. The minimum absolute atomic E-state index is 0.733. The van der Waals surface area contributed by atoms with Crippen molar-refractivity contribution in [2.24, 2.45) is 0 Å². The largest absolute Gasteiger partial charge is 0.291 e. The second-order valence-electron chi connectivity index (χ2n) is 3.31. The molecular formula is C12H9N3. The van der Waals surface area contributed by atoms with Crippen molar-refractivity contribution < 1.29 is 0 Å². The summed E-state index contributed by atoms with van der Waals surface area (Å²) in [7, 11) is 0. The van der Waals surface area contributed by atoms with Gasteiger partial charge in [0.05, 0.1) is 5.69 Å². The Kier molecular flexibility index (Phi) is 1.75. The van der Waals surface area contributed by atoms with Crippen LogP contribution in [0.3, 0.4) is 0 Å². The Balaban J connectivity index is 2.19. The molecule has 0 unspecified atom stereocenters. The molecule has 72 valence electrons. The predicted octanol–water partition coefficient (Wildman–Crippen LogP) is 2.40. The Bertz CT molecular complexity index is 584. The first-order valence-corrected chi connectivity index (χ1v) is 4.79. The van der Waals surface area contributed by atoms with Gasteiger partial charge in [0.15, 0.2) is 0 Å². The summed E-state index contributed by atoms with van der Waals surface area (Å²) in [6.07, 6.45) is 5.60. The fourth-order valence-electron chi connectivity index (χ4n) is 1.57. The molecule has 0 saturated heterocycles. The van der Waals surface area contributed by atoms with Gasteiger partial charge in [-0.05, 0) is 6.07 Å². The van der Waals surface area contributed by atoms with Gasteiger partial charge in [0.25, 0.3) is 0 Å². The highest BCUT2D eigenvalue weighted by atomic mass is 15.1. The minimum Gasteiger partial charge on any atom is -0.291 e. The van der Waals surface area contributed by atoms with Gasteiger partial charge in [-0.3, -0.25) is 4.40 Å². The molecule has 0 amide bonds. The van der Waals surface area contributed by atoms with E-state index in [2.05, 4.69) is 9.97 Å². The molecule has 3 heteroatoms. The van der Waals surface area contributed by atoms with Gasteiger partial charge in [0.2, 0.25) is 5.78 Å². The van der Waals surface area contributed by atoms with Crippen LogP contribution >= 0.6 is 0 Å². The van der Waals surface area contributed by atoms with Crippen LogP contribution in [0.4, 0.5) is 0 Å². The van der Waals surface area contributed by atoms with Crippen molar-refractivity contribution in [2.45, 2.75) is 0 Å². The molecule has 0 aliphatic carbocycles. The maximum absolute atomic E-state index is 4.46. The predicted molar refractivity (Wildman–Crippen MR) is 58.4 cm³/mol. The Morgan fingerprint density at radius 2 is 1.80 bits per heavy atom. The smallest absolute Gasteiger partial charge is 0.234 e. The molecule has 3 nitrogen and oxygen atoms in total. The summed E-state index contributed by atoms with van der Waals surface area (Å²) in [5.41, 5.74) is 2.07. The highest BCUT2D eigenvalue weighted by molar-refractivity contribution is 5.60. The summed E-state index contributed by atoms with van der Waals surface area (Å²) in [4.78, 5) is 8.61. The summed E-state index contributed by atoms with van der Waals surface area (Å²) in [6, 6.07) is 12.1. The number of rotatable bonds is 1. The maximum Gasteiger partial charge on any atom is 0.234 e. The summed E-state index contributed by atoms with van der Waals surface area (Å²) >= 11 is 0. The fraction of sp³-hybridized carbons (Fsp3) is 0. The summed E-state index contributed by atoms with van der Waals surface area (Å²) < 4.78 is 1.90. The number of benzene rings is 1. The zero-order chi connectivity index (χ0) is 10.1. The van der Waals surface area contributed by atoms with Crippen LogP contribution in [-0.2, 0) is 0 Å². The molecule has 0 atom stereocenters. The quantitative estimate of drug-likeness (QED) is 0.596. The number of aromatic nitrogens is 3. The lowest BCUT2D eigenvalue weighted by molar-refractivity contribution is 1.11. The van der Waals surface area contributed by atoms with Gasteiger partial charge < -0.3 is 0 Å². The van der Waals surface area contributed by atoms with Crippen LogP contribution in [0.15, 0.2) is 55.0 Å². The number of hydrogen-bond donors (Lipinski definition) is 0. The molecule has 1 aromatic carbocycles. The van der Waals surface area contributed by atoms with Gasteiger partial charge in [0.1, 0.15) is 0 Å². The number of nitrogens with zero attached hydrogens (tertiary/aromatic N) is 3. The van der Waals surface area contributed by atoms with E-state index in [1.165, 1.54) is 0 Å². The van der Waals surface area contributed by atoms with E-state index < -0.39 is 0 Å². The first kappa shape index (κ1) is 8.17. The third kappa shape index (κ3) is 1.38. The molecule has 0 aliphatic heterocycles. The van der Waals surface area contributed by atoms with Crippen molar-refractivity contribution in [3.05, 3.63) is 55.0 Å². The zero-order valence-corrected chi connectivity index (χ0v) is 8.04. The van der Waals surface area contributed by atoms with Crippen molar-refractivity contribution in [2.75, 3.05) is 0 Å². The average molecular weight is 195 g/mol. The maximum atomic E-state index is 4.46. The molecule has 0 fully saturated rings. The van der Waals surface area contributed by atoms with E-state index in [1.54, 1.807) is 6.20 Å². The van der Waals surface area contributed by atoms with Crippen LogP contribution in [0.25, 0.3) is 17.0 Å². The normalized spacial score (nSPS) is 10.7. The van der Waals surface area contributed by atoms with Gasteiger partial charge in [-0.1, -0.05) is 30.3 Å². The first-order valence-electron chi connectivity index (χ1n) is 4.79. The van der Waals surface area contributed by atoms with Crippen LogP contribution in [0, 0.1) is 0 Å². The van der Waals surface area contributed by atoms with Crippen molar-refractivity contribution in [1.29, 1.82) is 0 Å². The second kappa shape index (κ2) is 3.20. The molecule has 0 spiro atoms. The number of fused-ring (bicyclic) bond motifs is 1. The summed E-state index contributed by atoms with van der Waals surface area (Å²) in [6.45, 7) is 0. The number of hydrogen-bond acceptors (Lipinski definition) is 2. The summed E-state index contributed by atoms with van der Waals surface area (Å²) in [5, 5.41) is 0. The van der Waals surface area contributed by atoms with Crippen molar-refractivity contribution >= 4 is 5.78 Å². The highest BCUT2D eigenvalue weighted by Gasteiger charge is 2.00. The van der Waals surface area contributed by atoms with Crippen LogP contribution in [0.5, 0.6) is 0 Å². The molecule has 0 aliphatic rings. The van der Waals surface area contributed by atoms with E-state index in [0.29, 0.717) is 0 Å². The molecule has 2 heterocycles. The Morgan fingerprint density at radius 3 is 2.67 bits per heavy atom. The molecule has 0 bridgehead atoms. The molecule has 3 rings (SSSR count). The monoisotopic (exact) mass is 195 g/mol. The Labute approximate surface area is 87.0 Å². The lowest BCUT2D eigenvalue weighted by Crippen LogP contribution is -1.89. The second-order valence-corrected chi connectivity index (χ2v) is 3.31. The lowest BCUT2D eigenvalue weighted by atomic mass is 10.1. The van der Waals surface area contributed by atoms with Crippen molar-refractivity contribution in [1.82, 2.24) is 14.4 Å². The van der Waals surface area contributed by atoms with E-state index in [-0.39, 0.29) is 0 Å². The highest BCUT2D eigenvalue weighted by Crippen LogP contribution is 2.16. The van der Waals surface area contributed by atoms with Crippen LogP contribution < -0.4 is 0 Å². The molecule has 0 radical (unpaired) electrons. The molecule has 0 saturated carbocycles. The fourth-order valence-corrected chi connectivity index (χ4v) is 1.57. The van der Waals surface area contributed by atoms with Crippen LogP contribution in [-0.4, -0.2) is 14.4 Å². The molecule has 3 aromatic rings. The van der Waals surface area contributed by atoms with Gasteiger partial charge in [-0.25, -0.2) is 9.97 Å². The Hall–Kier alpha value is -2.16. The molecule has 0 N–H and O–H groups in total. The van der Waals surface area contributed by atoms with E-state index in [4.69, 9.17) is 0 Å². The van der Waals surface area contributed by atoms with Crippen LogP contribution in [0.1, 0.15) is 0 Å². The van der Waals surface area contributed by atoms with Gasteiger partial charge >= 0.3 is 0 Å². The first-order chi connectivity index (χ1) is 7.43. The van der Waals surface area contributed by atoms with Gasteiger partial charge in [-0.2, -0.15) is 0 Å². The number of imidazole rings is 1. The standard InChI is InChI=1S/C12H9N3/c1-2-4-10(5-3-1)11-6-8-15-9-7-13-12(15)14-11/h1-9H. The molecule has 15 heavy (non-hydrogen) atoms. The molecular weight excluding hydrogens is 186 g/mol. The zero-order valence-electron chi connectivity index (χ0n) is 8.04. The lowest BCUT2D eigenvalue weighted by Gasteiger charge is -2.00. The topological polar surface area (TPSA) is 30.2 Å². The van der Waals surface area contributed by atoms with Gasteiger partial charge in [0, 0.05) is 24.2 Å². The van der Waals surface area contributed by atoms with E-state index in [0.717, 1.165) is 17.0 Å². The minimum atomic E-state index is 0.733. The van der Waals surface area contributed by atoms with Gasteiger partial charge in [-0.15, -0.1) is 0 Å². The van der Waals surface area contributed by atoms with E-state index >= 15 is 0 Å². The average Bonchev–Trinajstić information content (AvgIpc) is 2.77. The SMILES string of the molecule is c1ccc(-c2ccn3ccnc3n2)cc1. The van der Waals surface area contributed by atoms with Crippen molar-refractivity contribution in [3.63, 3.8) is 0 Å². The third-order valence-electron chi connectivity index (χ3n) is 2.33.